The zero-order valence-corrected chi connectivity index (χ0v) is 17.7. The van der Waals surface area contributed by atoms with Crippen molar-refractivity contribution < 1.29 is 14.3 Å². The molecule has 0 aromatic heterocycles. The average molecular weight is 417 g/mol. The molecule has 0 spiro atoms. The number of rotatable bonds is 4. The standard InChI is InChI=1S/C26H28N2O3/c29-25(16-19-31-23-11-5-2-6-12-23)27-18-15-24-22(20-27)10-7-17-28(24)26(30)14-13-21-8-3-1-4-9-21/h1-6,8-9,11-12,22,24H,7,10,15-20H2/t22-,24+/m1/s1. The van der Waals surface area contributed by atoms with Crippen molar-refractivity contribution in [2.24, 2.45) is 5.92 Å². The van der Waals surface area contributed by atoms with Crippen LogP contribution >= 0.6 is 0 Å². The van der Waals surface area contributed by atoms with Gasteiger partial charge in [-0.3, -0.25) is 9.59 Å². The summed E-state index contributed by atoms with van der Waals surface area (Å²) < 4.78 is 5.67. The third-order valence-electron chi connectivity index (χ3n) is 6.10. The molecule has 160 valence electrons. The van der Waals surface area contributed by atoms with E-state index in [0.717, 1.165) is 37.1 Å². The van der Waals surface area contributed by atoms with E-state index in [1.54, 1.807) is 0 Å². The molecule has 0 saturated carbocycles. The first-order chi connectivity index (χ1) is 15.2. The fourth-order valence-electron chi connectivity index (χ4n) is 4.53. The fraction of sp³-hybridized carbons (Fsp3) is 0.385. The van der Waals surface area contributed by atoms with Crippen molar-refractivity contribution in [3.63, 3.8) is 0 Å². The Morgan fingerprint density at radius 1 is 0.968 bits per heavy atom. The predicted octanol–water partition coefficient (Wildman–Crippen LogP) is 3.35. The molecular formula is C26H28N2O3. The summed E-state index contributed by atoms with van der Waals surface area (Å²) in [7, 11) is 0. The van der Waals surface area contributed by atoms with E-state index in [2.05, 4.69) is 11.8 Å². The highest BCUT2D eigenvalue weighted by atomic mass is 16.5. The molecule has 2 aromatic carbocycles. The molecule has 2 saturated heterocycles. The molecule has 5 heteroatoms. The van der Waals surface area contributed by atoms with E-state index in [1.165, 1.54) is 0 Å². The van der Waals surface area contributed by atoms with E-state index in [1.807, 2.05) is 70.5 Å². The Morgan fingerprint density at radius 3 is 2.48 bits per heavy atom. The maximum Gasteiger partial charge on any atom is 0.299 e. The van der Waals surface area contributed by atoms with Gasteiger partial charge in [-0.25, -0.2) is 0 Å². The van der Waals surface area contributed by atoms with Crippen LogP contribution in [0.4, 0.5) is 0 Å². The summed E-state index contributed by atoms with van der Waals surface area (Å²) in [5.41, 5.74) is 0.850. The van der Waals surface area contributed by atoms with Crippen LogP contribution in [0.3, 0.4) is 0 Å². The highest BCUT2D eigenvalue weighted by molar-refractivity contribution is 5.94. The Kier molecular flexibility index (Phi) is 6.89. The van der Waals surface area contributed by atoms with E-state index >= 15 is 0 Å². The highest BCUT2D eigenvalue weighted by Crippen LogP contribution is 2.31. The molecule has 2 aliphatic heterocycles. The lowest BCUT2D eigenvalue weighted by Crippen LogP contribution is -2.56. The predicted molar refractivity (Wildman–Crippen MR) is 119 cm³/mol. The number of para-hydroxylation sites is 1. The summed E-state index contributed by atoms with van der Waals surface area (Å²) in [6.45, 7) is 2.53. The molecule has 0 aliphatic carbocycles. The van der Waals surface area contributed by atoms with Gasteiger partial charge in [0.05, 0.1) is 13.0 Å². The van der Waals surface area contributed by atoms with Gasteiger partial charge in [-0.05, 0) is 49.4 Å². The minimum Gasteiger partial charge on any atom is -0.493 e. The van der Waals surface area contributed by atoms with Crippen molar-refractivity contribution in [3.05, 3.63) is 66.2 Å². The van der Waals surface area contributed by atoms with Gasteiger partial charge in [0.1, 0.15) is 5.75 Å². The summed E-state index contributed by atoms with van der Waals surface area (Å²) in [5.74, 6) is 6.93. The molecule has 2 aromatic rings. The molecule has 31 heavy (non-hydrogen) atoms. The number of hydrogen-bond acceptors (Lipinski definition) is 3. The minimum absolute atomic E-state index is 0.102. The van der Waals surface area contributed by atoms with Gasteiger partial charge in [0, 0.05) is 37.2 Å². The van der Waals surface area contributed by atoms with Crippen LogP contribution in [-0.2, 0) is 9.59 Å². The lowest BCUT2D eigenvalue weighted by molar-refractivity contribution is -0.138. The molecule has 2 aliphatic rings. The number of likely N-dealkylation sites (tertiary alicyclic amines) is 2. The van der Waals surface area contributed by atoms with E-state index in [9.17, 15) is 9.59 Å². The van der Waals surface area contributed by atoms with E-state index in [-0.39, 0.29) is 17.9 Å². The molecule has 5 nitrogen and oxygen atoms in total. The van der Waals surface area contributed by atoms with Crippen LogP contribution in [0.15, 0.2) is 60.7 Å². The van der Waals surface area contributed by atoms with Gasteiger partial charge >= 0.3 is 0 Å². The Balaban J connectivity index is 1.30. The van der Waals surface area contributed by atoms with Crippen LogP contribution in [0, 0.1) is 17.8 Å². The molecule has 0 unspecified atom stereocenters. The molecule has 0 bridgehead atoms. The Bertz CT molecular complexity index is 949. The highest BCUT2D eigenvalue weighted by Gasteiger charge is 2.38. The van der Waals surface area contributed by atoms with Gasteiger partial charge in [0.25, 0.3) is 5.91 Å². The molecular weight excluding hydrogens is 388 g/mol. The smallest absolute Gasteiger partial charge is 0.299 e. The molecule has 0 radical (unpaired) electrons. The van der Waals surface area contributed by atoms with Crippen molar-refractivity contribution >= 4 is 11.8 Å². The number of nitrogens with zero attached hydrogens (tertiary/aromatic N) is 2. The minimum atomic E-state index is -0.102. The van der Waals surface area contributed by atoms with Crippen LogP contribution < -0.4 is 4.74 Å². The van der Waals surface area contributed by atoms with Crippen molar-refractivity contribution in [1.29, 1.82) is 0 Å². The van der Waals surface area contributed by atoms with Crippen molar-refractivity contribution in [3.8, 4) is 17.6 Å². The summed E-state index contributed by atoms with van der Waals surface area (Å²) in [4.78, 5) is 29.3. The van der Waals surface area contributed by atoms with Crippen LogP contribution in [0.25, 0.3) is 0 Å². The maximum atomic E-state index is 12.8. The second-order valence-corrected chi connectivity index (χ2v) is 8.12. The van der Waals surface area contributed by atoms with Crippen LogP contribution in [0.2, 0.25) is 0 Å². The topological polar surface area (TPSA) is 49.9 Å². The van der Waals surface area contributed by atoms with Crippen LogP contribution in [0.5, 0.6) is 5.75 Å². The fourth-order valence-corrected chi connectivity index (χ4v) is 4.53. The molecule has 2 amide bonds. The van der Waals surface area contributed by atoms with Gasteiger partial charge in [-0.1, -0.05) is 42.3 Å². The molecule has 2 atom stereocenters. The van der Waals surface area contributed by atoms with Gasteiger partial charge in [0.2, 0.25) is 5.91 Å². The lowest BCUT2D eigenvalue weighted by Gasteiger charge is -2.46. The first kappa shape index (κ1) is 21.0. The van der Waals surface area contributed by atoms with Gasteiger partial charge in [-0.2, -0.15) is 0 Å². The Labute approximate surface area is 184 Å². The Hall–Kier alpha value is -3.26. The number of ether oxygens (including phenoxy) is 1. The summed E-state index contributed by atoms with van der Waals surface area (Å²) in [6, 6.07) is 19.3. The van der Waals surface area contributed by atoms with E-state index in [4.69, 9.17) is 4.74 Å². The van der Waals surface area contributed by atoms with Gasteiger partial charge in [0.15, 0.2) is 0 Å². The SMILES string of the molecule is O=C(CCOc1ccccc1)N1CC[C@H]2[C@H](CCCN2C(=O)C#Cc2ccccc2)C1. The van der Waals surface area contributed by atoms with Gasteiger partial charge in [-0.15, -0.1) is 0 Å². The molecule has 4 rings (SSSR count). The number of benzene rings is 2. The van der Waals surface area contributed by atoms with Gasteiger partial charge < -0.3 is 14.5 Å². The summed E-state index contributed by atoms with van der Waals surface area (Å²) in [5, 5.41) is 0. The van der Waals surface area contributed by atoms with Crippen molar-refractivity contribution in [1.82, 2.24) is 9.80 Å². The lowest BCUT2D eigenvalue weighted by atomic mass is 9.83. The normalized spacial score (nSPS) is 20.3. The number of amides is 2. The number of carbonyl (C=O) groups is 2. The molecule has 0 N–H and O–H groups in total. The second-order valence-electron chi connectivity index (χ2n) is 8.12. The largest absolute Gasteiger partial charge is 0.493 e. The quantitative estimate of drug-likeness (QED) is 0.719. The second kappa shape index (κ2) is 10.2. The summed E-state index contributed by atoms with van der Waals surface area (Å²) >= 11 is 0. The average Bonchev–Trinajstić information content (AvgIpc) is 2.83. The third-order valence-corrected chi connectivity index (χ3v) is 6.10. The summed E-state index contributed by atoms with van der Waals surface area (Å²) in [6.07, 6.45) is 3.19. The maximum absolute atomic E-state index is 12.8. The first-order valence-corrected chi connectivity index (χ1v) is 11.0. The first-order valence-electron chi connectivity index (χ1n) is 11.0. The van der Waals surface area contributed by atoms with Crippen LogP contribution in [0.1, 0.15) is 31.2 Å². The zero-order chi connectivity index (χ0) is 21.5. The number of fused-ring (bicyclic) bond motifs is 1. The molecule has 2 fully saturated rings. The van der Waals surface area contributed by atoms with Crippen molar-refractivity contribution in [2.45, 2.75) is 31.7 Å². The number of piperidine rings is 2. The zero-order valence-electron chi connectivity index (χ0n) is 17.7. The van der Waals surface area contributed by atoms with E-state index in [0.29, 0.717) is 32.0 Å². The Morgan fingerprint density at radius 2 is 1.71 bits per heavy atom. The monoisotopic (exact) mass is 416 g/mol. The number of hydrogen-bond donors (Lipinski definition) is 0. The third kappa shape index (κ3) is 5.46. The van der Waals surface area contributed by atoms with Crippen LogP contribution in [-0.4, -0.2) is 53.9 Å². The number of carbonyl (C=O) groups excluding carboxylic acids is 2. The van der Waals surface area contributed by atoms with Crippen molar-refractivity contribution in [2.75, 3.05) is 26.2 Å². The van der Waals surface area contributed by atoms with E-state index < -0.39 is 0 Å². The molecule has 2 heterocycles.